The minimum Gasteiger partial charge on any atom is -0.302 e. The SMILES string of the molecule is CCCN1CCCN2CCCCC2C1. The molecule has 1 atom stereocenters. The molecule has 0 saturated carbocycles. The first-order chi connectivity index (χ1) is 6.90. The smallest absolute Gasteiger partial charge is 0.0223 e. The van der Waals surface area contributed by atoms with Gasteiger partial charge in [0, 0.05) is 12.6 Å². The predicted molar refractivity (Wildman–Crippen MR) is 60.6 cm³/mol. The van der Waals surface area contributed by atoms with Crippen LogP contribution in [0.1, 0.15) is 39.0 Å². The summed E-state index contributed by atoms with van der Waals surface area (Å²) in [5, 5.41) is 0. The number of rotatable bonds is 2. The van der Waals surface area contributed by atoms with Crippen LogP contribution >= 0.6 is 0 Å². The number of hydrogen-bond donors (Lipinski definition) is 0. The monoisotopic (exact) mass is 196 g/mol. The number of hydrogen-bond acceptors (Lipinski definition) is 2. The van der Waals surface area contributed by atoms with Gasteiger partial charge >= 0.3 is 0 Å². The van der Waals surface area contributed by atoms with Crippen LogP contribution < -0.4 is 0 Å². The second-order valence-corrected chi connectivity index (χ2v) is 4.84. The zero-order valence-electron chi connectivity index (χ0n) is 9.54. The second-order valence-electron chi connectivity index (χ2n) is 4.84. The molecule has 2 aliphatic heterocycles. The van der Waals surface area contributed by atoms with Gasteiger partial charge < -0.3 is 4.90 Å². The standard InChI is InChI=1S/C12H24N2/c1-2-7-13-8-5-10-14-9-4-3-6-12(14)11-13/h12H,2-11H2,1H3. The molecular formula is C12H24N2. The van der Waals surface area contributed by atoms with Crippen LogP contribution in [0.15, 0.2) is 0 Å². The van der Waals surface area contributed by atoms with E-state index < -0.39 is 0 Å². The van der Waals surface area contributed by atoms with Crippen molar-refractivity contribution in [3.05, 3.63) is 0 Å². The Labute approximate surface area is 88.3 Å². The van der Waals surface area contributed by atoms with Crippen LogP contribution in [-0.4, -0.2) is 48.6 Å². The summed E-state index contributed by atoms with van der Waals surface area (Å²) in [5.74, 6) is 0. The molecule has 2 heterocycles. The maximum absolute atomic E-state index is 2.74. The zero-order chi connectivity index (χ0) is 9.80. The fraction of sp³-hybridized carbons (Fsp3) is 1.00. The van der Waals surface area contributed by atoms with Crippen molar-refractivity contribution < 1.29 is 0 Å². The normalized spacial score (nSPS) is 31.1. The van der Waals surface area contributed by atoms with E-state index in [1.165, 1.54) is 64.8 Å². The average molecular weight is 196 g/mol. The molecule has 0 aromatic rings. The molecule has 82 valence electrons. The van der Waals surface area contributed by atoms with Gasteiger partial charge in [-0.2, -0.15) is 0 Å². The van der Waals surface area contributed by atoms with E-state index in [4.69, 9.17) is 0 Å². The van der Waals surface area contributed by atoms with Crippen LogP contribution in [0.4, 0.5) is 0 Å². The van der Waals surface area contributed by atoms with E-state index in [1.54, 1.807) is 0 Å². The summed E-state index contributed by atoms with van der Waals surface area (Å²) in [6, 6.07) is 0.887. The van der Waals surface area contributed by atoms with Gasteiger partial charge in [-0.15, -0.1) is 0 Å². The quantitative estimate of drug-likeness (QED) is 0.666. The third kappa shape index (κ3) is 2.48. The highest BCUT2D eigenvalue weighted by Crippen LogP contribution is 2.20. The van der Waals surface area contributed by atoms with Gasteiger partial charge in [-0.1, -0.05) is 13.3 Å². The maximum atomic E-state index is 2.74. The lowest BCUT2D eigenvalue weighted by molar-refractivity contribution is 0.137. The van der Waals surface area contributed by atoms with E-state index in [9.17, 15) is 0 Å². The highest BCUT2D eigenvalue weighted by molar-refractivity contribution is 4.82. The third-order valence-electron chi connectivity index (χ3n) is 3.68. The fourth-order valence-corrected chi connectivity index (χ4v) is 2.97. The minimum absolute atomic E-state index is 0.887. The van der Waals surface area contributed by atoms with Crippen molar-refractivity contribution in [1.82, 2.24) is 9.80 Å². The molecule has 2 saturated heterocycles. The largest absolute Gasteiger partial charge is 0.302 e. The molecule has 2 nitrogen and oxygen atoms in total. The van der Waals surface area contributed by atoms with E-state index in [0.29, 0.717) is 0 Å². The van der Waals surface area contributed by atoms with Gasteiger partial charge in [0.05, 0.1) is 0 Å². The summed E-state index contributed by atoms with van der Waals surface area (Å²) < 4.78 is 0. The van der Waals surface area contributed by atoms with Crippen molar-refractivity contribution in [2.24, 2.45) is 0 Å². The molecule has 0 N–H and O–H groups in total. The Hall–Kier alpha value is -0.0800. The van der Waals surface area contributed by atoms with Crippen LogP contribution in [0, 0.1) is 0 Å². The summed E-state index contributed by atoms with van der Waals surface area (Å²) in [6.07, 6.45) is 7.04. The first-order valence-electron chi connectivity index (χ1n) is 6.36. The van der Waals surface area contributed by atoms with Crippen molar-refractivity contribution in [3.63, 3.8) is 0 Å². The lowest BCUT2D eigenvalue weighted by Crippen LogP contribution is -2.44. The fourth-order valence-electron chi connectivity index (χ4n) is 2.97. The van der Waals surface area contributed by atoms with E-state index in [0.717, 1.165) is 6.04 Å². The Balaban J connectivity index is 1.89. The zero-order valence-corrected chi connectivity index (χ0v) is 9.54. The van der Waals surface area contributed by atoms with Gasteiger partial charge in [-0.3, -0.25) is 4.90 Å². The summed E-state index contributed by atoms with van der Waals surface area (Å²) >= 11 is 0. The molecule has 2 heteroatoms. The van der Waals surface area contributed by atoms with Crippen molar-refractivity contribution >= 4 is 0 Å². The molecule has 0 spiro atoms. The minimum atomic E-state index is 0.887. The van der Waals surface area contributed by atoms with Gasteiger partial charge in [-0.25, -0.2) is 0 Å². The summed E-state index contributed by atoms with van der Waals surface area (Å²) in [7, 11) is 0. The summed E-state index contributed by atoms with van der Waals surface area (Å²) in [6.45, 7) is 9.00. The molecule has 0 amide bonds. The first-order valence-corrected chi connectivity index (χ1v) is 6.36. The molecule has 0 aromatic carbocycles. The molecule has 0 bridgehead atoms. The van der Waals surface area contributed by atoms with Gasteiger partial charge in [-0.05, 0) is 51.9 Å². The third-order valence-corrected chi connectivity index (χ3v) is 3.68. The molecule has 14 heavy (non-hydrogen) atoms. The van der Waals surface area contributed by atoms with Gasteiger partial charge in [0.15, 0.2) is 0 Å². The lowest BCUT2D eigenvalue weighted by atomic mass is 10.0. The highest BCUT2D eigenvalue weighted by Gasteiger charge is 2.26. The van der Waals surface area contributed by atoms with Crippen LogP contribution in [0.5, 0.6) is 0 Å². The number of piperidine rings is 1. The van der Waals surface area contributed by atoms with E-state index >= 15 is 0 Å². The van der Waals surface area contributed by atoms with Crippen molar-refractivity contribution in [2.45, 2.75) is 45.1 Å². The molecule has 1 unspecified atom stereocenters. The molecular weight excluding hydrogens is 172 g/mol. The lowest BCUT2D eigenvalue weighted by Gasteiger charge is -2.35. The van der Waals surface area contributed by atoms with Crippen LogP contribution in [0.2, 0.25) is 0 Å². The molecule has 2 fully saturated rings. The predicted octanol–water partition coefficient (Wildman–Crippen LogP) is 1.96. The van der Waals surface area contributed by atoms with Gasteiger partial charge in [0.25, 0.3) is 0 Å². The van der Waals surface area contributed by atoms with E-state index in [-0.39, 0.29) is 0 Å². The molecule has 0 radical (unpaired) electrons. The Kier molecular flexibility index (Phi) is 3.82. The molecule has 0 aliphatic carbocycles. The first kappa shape index (κ1) is 10.4. The van der Waals surface area contributed by atoms with Gasteiger partial charge in [0.2, 0.25) is 0 Å². The topological polar surface area (TPSA) is 6.48 Å². The van der Waals surface area contributed by atoms with Crippen molar-refractivity contribution in [1.29, 1.82) is 0 Å². The Morgan fingerprint density at radius 1 is 1.07 bits per heavy atom. The highest BCUT2D eigenvalue weighted by atomic mass is 15.2. The van der Waals surface area contributed by atoms with Crippen LogP contribution in [0.25, 0.3) is 0 Å². The van der Waals surface area contributed by atoms with Crippen LogP contribution in [-0.2, 0) is 0 Å². The van der Waals surface area contributed by atoms with Gasteiger partial charge in [0.1, 0.15) is 0 Å². The Bertz CT molecular complexity index is 170. The molecule has 2 rings (SSSR count). The number of fused-ring (bicyclic) bond motifs is 1. The van der Waals surface area contributed by atoms with Crippen molar-refractivity contribution in [3.8, 4) is 0 Å². The Morgan fingerprint density at radius 2 is 1.93 bits per heavy atom. The maximum Gasteiger partial charge on any atom is 0.0223 e. The summed E-state index contributed by atoms with van der Waals surface area (Å²) in [4.78, 5) is 5.41. The molecule has 0 aromatic heterocycles. The second kappa shape index (κ2) is 5.13. The summed E-state index contributed by atoms with van der Waals surface area (Å²) in [5.41, 5.74) is 0. The van der Waals surface area contributed by atoms with Crippen LogP contribution in [0.3, 0.4) is 0 Å². The Morgan fingerprint density at radius 3 is 2.79 bits per heavy atom. The van der Waals surface area contributed by atoms with E-state index in [1.807, 2.05) is 0 Å². The number of nitrogens with zero attached hydrogens (tertiary/aromatic N) is 2. The molecule has 2 aliphatic rings. The average Bonchev–Trinajstić information content (AvgIpc) is 2.40. The van der Waals surface area contributed by atoms with E-state index in [2.05, 4.69) is 16.7 Å². The van der Waals surface area contributed by atoms with Crippen molar-refractivity contribution in [2.75, 3.05) is 32.7 Å².